The maximum atomic E-state index is 12.4. The van der Waals surface area contributed by atoms with Gasteiger partial charge in [-0.2, -0.15) is 0 Å². The van der Waals surface area contributed by atoms with Gasteiger partial charge in [-0.1, -0.05) is 75.8 Å². The monoisotopic (exact) mass is 326 g/mol. The molecule has 0 bridgehead atoms. The molecule has 2 rings (SSSR count). The van der Waals surface area contributed by atoms with Crippen molar-refractivity contribution in [2.75, 3.05) is 0 Å². The number of hydrogen-bond acceptors (Lipinski definition) is 2. The van der Waals surface area contributed by atoms with Gasteiger partial charge in [0.25, 0.3) is 0 Å². The van der Waals surface area contributed by atoms with Gasteiger partial charge >= 0.3 is 5.97 Å². The van der Waals surface area contributed by atoms with Crippen LogP contribution in [0.5, 0.6) is 0 Å². The average Bonchev–Trinajstić information content (AvgIpc) is 2.55. The minimum Gasteiger partial charge on any atom is -0.459 e. The first-order valence-electron chi connectivity index (χ1n) is 9.08. The first-order valence-corrected chi connectivity index (χ1v) is 9.08. The molecule has 0 aliphatic heterocycles. The van der Waals surface area contributed by atoms with Crippen LogP contribution < -0.4 is 0 Å². The molecule has 1 aliphatic rings. The molecule has 1 fully saturated rings. The molecule has 24 heavy (non-hydrogen) atoms. The molecule has 0 radical (unpaired) electrons. The summed E-state index contributed by atoms with van der Waals surface area (Å²) in [7, 11) is 0. The van der Waals surface area contributed by atoms with Crippen LogP contribution in [0.25, 0.3) is 6.08 Å². The molecule has 0 N–H and O–H groups in total. The molecule has 2 nitrogen and oxygen atoms in total. The molecule has 0 saturated heterocycles. The maximum absolute atomic E-state index is 12.4. The van der Waals surface area contributed by atoms with Crippen LogP contribution in [0.1, 0.15) is 52.5 Å². The van der Waals surface area contributed by atoms with E-state index in [1.165, 1.54) is 6.42 Å². The highest BCUT2D eigenvalue weighted by molar-refractivity contribution is 5.88. The molecule has 2 heteroatoms. The molecule has 1 aromatic carbocycles. The summed E-state index contributed by atoms with van der Waals surface area (Å²) in [4.78, 5) is 12.4. The lowest BCUT2D eigenvalue weighted by Crippen LogP contribution is -2.36. The van der Waals surface area contributed by atoms with Crippen LogP contribution in [-0.2, 0) is 9.53 Å². The van der Waals surface area contributed by atoms with Crippen LogP contribution in [-0.4, -0.2) is 12.1 Å². The second-order valence-corrected chi connectivity index (χ2v) is 7.39. The molecule has 0 spiro atoms. The Morgan fingerprint density at radius 3 is 2.58 bits per heavy atom. The van der Waals surface area contributed by atoms with Crippen molar-refractivity contribution in [3.05, 3.63) is 53.6 Å². The lowest BCUT2D eigenvalue weighted by atomic mass is 9.75. The number of rotatable bonds is 5. The Morgan fingerprint density at radius 2 is 1.92 bits per heavy atom. The highest BCUT2D eigenvalue weighted by Gasteiger charge is 2.33. The summed E-state index contributed by atoms with van der Waals surface area (Å²) in [5.41, 5.74) is 1.78. The number of benzene rings is 1. The second-order valence-electron chi connectivity index (χ2n) is 7.39. The Kier molecular flexibility index (Phi) is 6.84. The molecular formula is C22H30O2. The zero-order valence-corrected chi connectivity index (χ0v) is 15.4. The zero-order chi connectivity index (χ0) is 17.5. The lowest BCUT2D eigenvalue weighted by molar-refractivity contribution is -0.151. The van der Waals surface area contributed by atoms with E-state index in [4.69, 9.17) is 4.74 Å². The summed E-state index contributed by atoms with van der Waals surface area (Å²) in [6.45, 7) is 8.54. The Bertz CT molecular complexity index is 583. The van der Waals surface area contributed by atoms with Crippen LogP contribution in [0.2, 0.25) is 0 Å². The molecule has 1 saturated carbocycles. The van der Waals surface area contributed by atoms with E-state index in [2.05, 4.69) is 20.8 Å². The minimum atomic E-state index is -0.183. The molecule has 0 aromatic heterocycles. The smallest absolute Gasteiger partial charge is 0.333 e. The van der Waals surface area contributed by atoms with Crippen LogP contribution in [0, 0.1) is 17.8 Å². The van der Waals surface area contributed by atoms with Gasteiger partial charge in [-0.05, 0) is 43.1 Å². The fraction of sp³-hybridized carbons (Fsp3) is 0.500. The average molecular weight is 326 g/mol. The molecule has 0 amide bonds. The third kappa shape index (κ3) is 5.36. The Morgan fingerprint density at radius 1 is 1.21 bits per heavy atom. The van der Waals surface area contributed by atoms with Crippen molar-refractivity contribution >= 4 is 12.0 Å². The number of hydrogen-bond donors (Lipinski definition) is 0. The van der Waals surface area contributed by atoms with Crippen molar-refractivity contribution in [3.8, 4) is 0 Å². The Labute approximate surface area is 146 Å². The number of carbonyl (C=O) groups excluding carboxylic acids is 1. The summed E-state index contributed by atoms with van der Waals surface area (Å²) >= 11 is 0. The predicted octanol–water partition coefficient (Wildman–Crippen LogP) is 5.65. The van der Waals surface area contributed by atoms with E-state index in [0.29, 0.717) is 23.3 Å². The van der Waals surface area contributed by atoms with Crippen LogP contribution in [0.3, 0.4) is 0 Å². The minimum absolute atomic E-state index is 0.0581. The van der Waals surface area contributed by atoms with Crippen molar-refractivity contribution in [2.45, 2.75) is 53.1 Å². The van der Waals surface area contributed by atoms with E-state index in [-0.39, 0.29) is 12.1 Å². The van der Waals surface area contributed by atoms with Gasteiger partial charge in [0.2, 0.25) is 0 Å². The fourth-order valence-electron chi connectivity index (χ4n) is 3.42. The van der Waals surface area contributed by atoms with Crippen LogP contribution in [0.4, 0.5) is 0 Å². The van der Waals surface area contributed by atoms with E-state index in [9.17, 15) is 4.79 Å². The van der Waals surface area contributed by atoms with Gasteiger partial charge in [0.1, 0.15) is 6.10 Å². The van der Waals surface area contributed by atoms with Crippen molar-refractivity contribution in [3.63, 3.8) is 0 Å². The summed E-state index contributed by atoms with van der Waals surface area (Å²) in [6.07, 6.45) is 9.20. The SMILES string of the molecule is CC(=CC=Cc1ccccc1)C(=O)OC1CC(C)CCC1C(C)C. The highest BCUT2D eigenvalue weighted by Crippen LogP contribution is 2.35. The van der Waals surface area contributed by atoms with Crippen LogP contribution in [0.15, 0.2) is 48.1 Å². The number of ether oxygens (including phenoxy) is 1. The highest BCUT2D eigenvalue weighted by atomic mass is 16.5. The number of allylic oxidation sites excluding steroid dienone is 2. The van der Waals surface area contributed by atoms with Gasteiger partial charge in [0, 0.05) is 5.57 Å². The van der Waals surface area contributed by atoms with E-state index >= 15 is 0 Å². The molecule has 3 unspecified atom stereocenters. The summed E-state index contributed by atoms with van der Waals surface area (Å²) in [5.74, 6) is 1.49. The number of esters is 1. The standard InChI is InChI=1S/C22H30O2/c1-16(2)20-14-13-17(3)15-21(20)24-22(23)18(4)9-8-12-19-10-6-5-7-11-19/h5-12,16-17,20-21H,13-15H2,1-4H3. The Hall–Kier alpha value is -1.83. The third-order valence-electron chi connectivity index (χ3n) is 4.98. The molecule has 3 atom stereocenters. The van der Waals surface area contributed by atoms with Gasteiger partial charge in [0.15, 0.2) is 0 Å². The van der Waals surface area contributed by atoms with Crippen molar-refractivity contribution in [1.82, 2.24) is 0 Å². The van der Waals surface area contributed by atoms with Crippen molar-refractivity contribution in [2.24, 2.45) is 17.8 Å². The van der Waals surface area contributed by atoms with Crippen molar-refractivity contribution < 1.29 is 9.53 Å². The van der Waals surface area contributed by atoms with E-state index in [1.807, 2.05) is 55.5 Å². The topological polar surface area (TPSA) is 26.3 Å². The zero-order valence-electron chi connectivity index (χ0n) is 15.4. The van der Waals surface area contributed by atoms with Gasteiger partial charge in [0.05, 0.1) is 0 Å². The summed E-state index contributed by atoms with van der Waals surface area (Å²) in [6, 6.07) is 10.1. The quantitative estimate of drug-likeness (QED) is 0.397. The summed E-state index contributed by atoms with van der Waals surface area (Å²) in [5, 5.41) is 0. The van der Waals surface area contributed by atoms with Gasteiger partial charge < -0.3 is 4.74 Å². The first kappa shape index (κ1) is 18.5. The van der Waals surface area contributed by atoms with Gasteiger partial charge in [-0.15, -0.1) is 0 Å². The van der Waals surface area contributed by atoms with E-state index in [0.717, 1.165) is 18.4 Å². The first-order chi connectivity index (χ1) is 11.5. The largest absolute Gasteiger partial charge is 0.459 e. The van der Waals surface area contributed by atoms with E-state index in [1.54, 1.807) is 0 Å². The normalized spacial score (nSPS) is 25.2. The molecule has 0 heterocycles. The fourth-order valence-corrected chi connectivity index (χ4v) is 3.42. The number of carbonyl (C=O) groups is 1. The molecular weight excluding hydrogens is 296 g/mol. The van der Waals surface area contributed by atoms with Gasteiger partial charge in [-0.3, -0.25) is 0 Å². The predicted molar refractivity (Wildman–Crippen MR) is 100 cm³/mol. The molecule has 130 valence electrons. The Balaban J connectivity index is 1.96. The lowest BCUT2D eigenvalue weighted by Gasteiger charge is -2.36. The summed E-state index contributed by atoms with van der Waals surface area (Å²) < 4.78 is 5.86. The second kappa shape index (κ2) is 8.86. The maximum Gasteiger partial charge on any atom is 0.333 e. The third-order valence-corrected chi connectivity index (χ3v) is 4.98. The molecule has 1 aromatic rings. The van der Waals surface area contributed by atoms with Gasteiger partial charge in [-0.25, -0.2) is 4.79 Å². The van der Waals surface area contributed by atoms with E-state index < -0.39 is 0 Å². The van der Waals surface area contributed by atoms with Crippen LogP contribution >= 0.6 is 0 Å². The molecule has 1 aliphatic carbocycles. The van der Waals surface area contributed by atoms with Crippen molar-refractivity contribution in [1.29, 1.82) is 0 Å².